The maximum atomic E-state index is 12.2. The van der Waals surface area contributed by atoms with Crippen molar-refractivity contribution in [3.05, 3.63) is 58.6 Å². The van der Waals surface area contributed by atoms with Gasteiger partial charge in [0, 0.05) is 5.56 Å². The van der Waals surface area contributed by atoms with Crippen molar-refractivity contribution >= 4 is 35.0 Å². The first-order chi connectivity index (χ1) is 12.5. The Balaban J connectivity index is 1.67. The molecule has 3 aromatic rings. The number of aryl methyl sites for hydroxylation is 2. The van der Waals surface area contributed by atoms with Crippen LogP contribution in [-0.4, -0.2) is 26.5 Å². The summed E-state index contributed by atoms with van der Waals surface area (Å²) in [7, 11) is 0. The van der Waals surface area contributed by atoms with Crippen LogP contribution in [0.5, 0.6) is 0 Å². The van der Waals surface area contributed by atoms with Crippen molar-refractivity contribution in [1.29, 1.82) is 0 Å². The highest BCUT2D eigenvalue weighted by Crippen LogP contribution is 2.25. The maximum Gasteiger partial charge on any atom is 0.234 e. The maximum absolute atomic E-state index is 12.2. The van der Waals surface area contributed by atoms with E-state index in [9.17, 15) is 4.79 Å². The molecule has 0 unspecified atom stereocenters. The number of hydrogen-bond donors (Lipinski definition) is 2. The van der Waals surface area contributed by atoms with E-state index in [2.05, 4.69) is 15.5 Å². The number of amides is 1. The Morgan fingerprint density at radius 2 is 2.00 bits per heavy atom. The monoisotopic (exact) mass is 387 g/mol. The molecular weight excluding hydrogens is 370 g/mol. The topological polar surface area (TPSA) is 85.8 Å². The number of carbonyl (C=O) groups excluding carboxylic acids is 1. The summed E-state index contributed by atoms with van der Waals surface area (Å²) in [6, 6.07) is 13.3. The Morgan fingerprint density at radius 1 is 1.23 bits per heavy atom. The number of nitrogens with zero attached hydrogens (tertiary/aromatic N) is 3. The average Bonchev–Trinajstić information content (AvgIpc) is 2.97. The van der Waals surface area contributed by atoms with E-state index in [1.165, 1.54) is 16.4 Å². The van der Waals surface area contributed by atoms with Crippen LogP contribution in [0.2, 0.25) is 5.02 Å². The minimum Gasteiger partial charge on any atom is -0.335 e. The zero-order valence-corrected chi connectivity index (χ0v) is 15.9. The van der Waals surface area contributed by atoms with Gasteiger partial charge in [0.2, 0.25) is 11.1 Å². The minimum absolute atomic E-state index is 0.146. The molecule has 0 bridgehead atoms. The second-order valence-corrected chi connectivity index (χ2v) is 7.16. The fraction of sp³-hybridized carbons (Fsp3) is 0.167. The first-order valence-corrected chi connectivity index (χ1v) is 9.27. The highest BCUT2D eigenvalue weighted by atomic mass is 35.5. The van der Waals surface area contributed by atoms with E-state index >= 15 is 0 Å². The number of halogens is 1. The van der Waals surface area contributed by atoms with Gasteiger partial charge in [-0.2, -0.15) is 0 Å². The minimum atomic E-state index is -0.193. The fourth-order valence-corrected chi connectivity index (χ4v) is 3.36. The lowest BCUT2D eigenvalue weighted by molar-refractivity contribution is -0.113. The van der Waals surface area contributed by atoms with Crippen LogP contribution in [0.1, 0.15) is 11.1 Å². The number of hydrogen-bond acceptors (Lipinski definition) is 5. The van der Waals surface area contributed by atoms with Gasteiger partial charge in [0.25, 0.3) is 0 Å². The highest BCUT2D eigenvalue weighted by Gasteiger charge is 2.15. The SMILES string of the molecule is Cc1ccc(NC(=O)CSc2nnc(-c3ccccc3C)n2N)c(Cl)c1. The summed E-state index contributed by atoms with van der Waals surface area (Å²) < 4.78 is 1.40. The molecule has 26 heavy (non-hydrogen) atoms. The molecule has 0 aliphatic rings. The lowest BCUT2D eigenvalue weighted by Crippen LogP contribution is -2.16. The number of thioether (sulfide) groups is 1. The third-order valence-corrected chi connectivity index (χ3v) is 5.04. The third kappa shape index (κ3) is 4.00. The second-order valence-electron chi connectivity index (χ2n) is 5.81. The molecule has 0 aliphatic carbocycles. The van der Waals surface area contributed by atoms with Crippen molar-refractivity contribution in [1.82, 2.24) is 14.9 Å². The molecule has 0 spiro atoms. The van der Waals surface area contributed by atoms with Crippen molar-refractivity contribution in [2.24, 2.45) is 0 Å². The van der Waals surface area contributed by atoms with Crippen molar-refractivity contribution in [2.75, 3.05) is 16.9 Å². The second kappa shape index (κ2) is 7.80. The third-order valence-electron chi connectivity index (χ3n) is 3.78. The van der Waals surface area contributed by atoms with Crippen LogP contribution in [0.3, 0.4) is 0 Å². The van der Waals surface area contributed by atoms with Crippen LogP contribution in [0.4, 0.5) is 5.69 Å². The molecule has 1 aromatic heterocycles. The van der Waals surface area contributed by atoms with Crippen LogP contribution >= 0.6 is 23.4 Å². The first kappa shape index (κ1) is 18.3. The lowest BCUT2D eigenvalue weighted by atomic mass is 10.1. The van der Waals surface area contributed by atoms with Gasteiger partial charge in [-0.05, 0) is 37.1 Å². The van der Waals surface area contributed by atoms with Gasteiger partial charge in [0.1, 0.15) is 0 Å². The molecule has 0 aliphatic heterocycles. The zero-order chi connectivity index (χ0) is 18.7. The zero-order valence-electron chi connectivity index (χ0n) is 14.4. The van der Waals surface area contributed by atoms with Gasteiger partial charge in [-0.1, -0.05) is 53.7 Å². The number of carbonyl (C=O) groups is 1. The van der Waals surface area contributed by atoms with Gasteiger partial charge in [0.15, 0.2) is 5.82 Å². The standard InChI is InChI=1S/C18H18ClN5OS/c1-11-7-8-15(14(19)9-11)21-16(25)10-26-18-23-22-17(24(18)20)13-6-4-3-5-12(13)2/h3-9H,10,20H2,1-2H3,(H,21,25). The average molecular weight is 388 g/mol. The van der Waals surface area contributed by atoms with Gasteiger partial charge in [-0.25, -0.2) is 4.68 Å². The van der Waals surface area contributed by atoms with Crippen LogP contribution in [0.25, 0.3) is 11.4 Å². The van der Waals surface area contributed by atoms with Crippen LogP contribution in [-0.2, 0) is 4.79 Å². The summed E-state index contributed by atoms with van der Waals surface area (Å²) >= 11 is 7.35. The van der Waals surface area contributed by atoms with Gasteiger partial charge in [-0.15, -0.1) is 10.2 Å². The molecule has 8 heteroatoms. The molecule has 0 radical (unpaired) electrons. The molecule has 1 heterocycles. The van der Waals surface area contributed by atoms with E-state index in [-0.39, 0.29) is 11.7 Å². The molecule has 3 rings (SSSR count). The van der Waals surface area contributed by atoms with E-state index < -0.39 is 0 Å². The predicted molar refractivity (Wildman–Crippen MR) is 106 cm³/mol. The number of nitrogens with two attached hydrogens (primary N) is 1. The Morgan fingerprint density at radius 3 is 2.73 bits per heavy atom. The molecule has 0 fully saturated rings. The molecule has 0 atom stereocenters. The molecule has 6 nitrogen and oxygen atoms in total. The summed E-state index contributed by atoms with van der Waals surface area (Å²) in [5.74, 6) is 6.62. The van der Waals surface area contributed by atoms with Gasteiger partial charge in [0.05, 0.1) is 16.5 Å². The molecule has 0 saturated heterocycles. The van der Waals surface area contributed by atoms with E-state index in [1.54, 1.807) is 12.1 Å². The van der Waals surface area contributed by atoms with E-state index in [0.29, 0.717) is 21.7 Å². The quantitative estimate of drug-likeness (QED) is 0.515. The molecule has 134 valence electrons. The van der Waals surface area contributed by atoms with Gasteiger partial charge in [-0.3, -0.25) is 4.79 Å². The Bertz CT molecular complexity index is 957. The van der Waals surface area contributed by atoms with Gasteiger partial charge < -0.3 is 11.2 Å². The molecule has 1 amide bonds. The van der Waals surface area contributed by atoms with E-state index in [0.717, 1.165) is 16.7 Å². The molecule has 2 aromatic carbocycles. The number of nitrogens with one attached hydrogen (secondary N) is 1. The number of benzene rings is 2. The highest BCUT2D eigenvalue weighted by molar-refractivity contribution is 7.99. The molecule has 3 N–H and O–H groups in total. The summed E-state index contributed by atoms with van der Waals surface area (Å²) in [6.07, 6.45) is 0. The smallest absolute Gasteiger partial charge is 0.234 e. The van der Waals surface area contributed by atoms with Crippen molar-refractivity contribution in [3.8, 4) is 11.4 Å². The van der Waals surface area contributed by atoms with Gasteiger partial charge >= 0.3 is 0 Å². The van der Waals surface area contributed by atoms with Crippen LogP contribution < -0.4 is 11.2 Å². The van der Waals surface area contributed by atoms with Crippen LogP contribution in [0.15, 0.2) is 47.6 Å². The number of anilines is 1. The summed E-state index contributed by atoms with van der Waals surface area (Å²) in [4.78, 5) is 12.2. The normalized spacial score (nSPS) is 10.7. The van der Waals surface area contributed by atoms with Crippen LogP contribution in [0, 0.1) is 13.8 Å². The fourth-order valence-electron chi connectivity index (χ4n) is 2.42. The Hall–Kier alpha value is -2.51. The summed E-state index contributed by atoms with van der Waals surface area (Å²) in [6.45, 7) is 3.92. The van der Waals surface area contributed by atoms with E-state index in [1.807, 2.05) is 44.2 Å². The summed E-state index contributed by atoms with van der Waals surface area (Å²) in [5.41, 5.74) is 3.57. The van der Waals surface area contributed by atoms with Crippen molar-refractivity contribution < 1.29 is 4.79 Å². The number of aromatic nitrogens is 3. The Labute approximate surface area is 160 Å². The molecular formula is C18H18ClN5OS. The number of rotatable bonds is 5. The largest absolute Gasteiger partial charge is 0.335 e. The summed E-state index contributed by atoms with van der Waals surface area (Å²) in [5, 5.41) is 12.0. The van der Waals surface area contributed by atoms with Crippen molar-refractivity contribution in [3.63, 3.8) is 0 Å². The number of nitrogen functional groups attached to an aromatic ring is 1. The predicted octanol–water partition coefficient (Wildman–Crippen LogP) is 3.66. The molecule has 0 saturated carbocycles. The van der Waals surface area contributed by atoms with E-state index in [4.69, 9.17) is 17.4 Å². The van der Waals surface area contributed by atoms with Crippen molar-refractivity contribution in [2.45, 2.75) is 19.0 Å². The first-order valence-electron chi connectivity index (χ1n) is 7.91. The lowest BCUT2D eigenvalue weighted by Gasteiger charge is -2.08. The Kier molecular flexibility index (Phi) is 5.49.